The summed E-state index contributed by atoms with van der Waals surface area (Å²) in [5, 5.41) is 69.1. The molecule has 0 aliphatic carbocycles. The molecule has 3 rings (SSSR count). The number of imidazole rings is 1. The van der Waals surface area contributed by atoms with Crippen molar-refractivity contribution >= 4 is 22.8 Å². The minimum absolute atomic E-state index is 0.0165. The van der Waals surface area contributed by atoms with Crippen molar-refractivity contribution in [3.63, 3.8) is 0 Å². The number of carbonyl (C=O) groups excluding carboxylic acids is 1. The van der Waals surface area contributed by atoms with Gasteiger partial charge in [-0.15, -0.1) is 0 Å². The topological polar surface area (TPSA) is 238 Å². The Kier molecular flexibility index (Phi) is 5.79. The number of Topliss-reactive ketones (excluding diaryl/α,β-unsaturated/α-hetero) is 1. The Hall–Kier alpha value is -2.30. The third kappa shape index (κ3) is 3.15. The molecule has 1 saturated heterocycles. The number of rotatable bonds is 7. The van der Waals surface area contributed by atoms with E-state index in [0.29, 0.717) is 0 Å². The average molecular weight is 415 g/mol. The van der Waals surface area contributed by atoms with Crippen LogP contribution in [-0.2, 0) is 15.3 Å². The fourth-order valence-electron chi connectivity index (χ4n) is 3.25. The molecule has 29 heavy (non-hydrogen) atoms. The van der Waals surface area contributed by atoms with Crippen LogP contribution >= 0.6 is 0 Å². The Morgan fingerprint density at radius 1 is 1.24 bits per heavy atom. The highest BCUT2D eigenvalue weighted by Crippen LogP contribution is 2.39. The molecule has 0 radical (unpaired) electrons. The highest BCUT2D eigenvalue weighted by Gasteiger charge is 2.62. The Balaban J connectivity index is 2.18. The molecule has 0 spiro atoms. The van der Waals surface area contributed by atoms with Gasteiger partial charge in [0.1, 0.15) is 54.8 Å². The SMILES string of the molecule is Nc1ncnc2c1ncn2[C@]1(C(=O)[C@H](O)[C@H](O)[C@H](O)CO)O[C@H](CO)[C@@H](O)[C@H]1O. The molecule has 160 valence electrons. The van der Waals surface area contributed by atoms with E-state index in [9.17, 15) is 35.4 Å². The summed E-state index contributed by atoms with van der Waals surface area (Å²) in [6.07, 6.45) is -9.64. The largest absolute Gasteiger partial charge is 0.394 e. The molecule has 1 aliphatic rings. The first kappa shape index (κ1) is 21.4. The molecule has 14 nitrogen and oxygen atoms in total. The zero-order valence-corrected chi connectivity index (χ0v) is 14.8. The van der Waals surface area contributed by atoms with Gasteiger partial charge in [-0.2, -0.15) is 0 Å². The Morgan fingerprint density at radius 2 is 1.93 bits per heavy atom. The van der Waals surface area contributed by atoms with Crippen molar-refractivity contribution in [2.75, 3.05) is 18.9 Å². The third-order valence-corrected chi connectivity index (χ3v) is 4.86. The number of aliphatic hydroxyl groups excluding tert-OH is 7. The molecular formula is C15H21N5O9. The van der Waals surface area contributed by atoms with E-state index in [2.05, 4.69) is 15.0 Å². The monoisotopic (exact) mass is 415 g/mol. The molecule has 0 amide bonds. The zero-order valence-electron chi connectivity index (χ0n) is 14.8. The molecular weight excluding hydrogens is 394 g/mol. The van der Waals surface area contributed by atoms with Gasteiger partial charge in [0.15, 0.2) is 11.5 Å². The van der Waals surface area contributed by atoms with Crippen LogP contribution in [0.25, 0.3) is 11.2 Å². The van der Waals surface area contributed by atoms with Crippen molar-refractivity contribution in [2.24, 2.45) is 0 Å². The molecule has 1 aliphatic heterocycles. The standard InChI is InChI=1S/C15H21N5O9/c16-13-7-14(18-3-17-13)20(4-19-7)15(11(27)9(25)6(2-22)29-15)12(28)10(26)8(24)5(23)1-21/h3-6,8-11,21-27H,1-2H2,(H2,16,17,18)/t5-,6-,8-,9-,10-,11-,15+/m1/s1. The number of carbonyl (C=O) groups is 1. The van der Waals surface area contributed by atoms with E-state index in [0.717, 1.165) is 17.2 Å². The number of fused-ring (bicyclic) bond motifs is 1. The first-order chi connectivity index (χ1) is 13.7. The number of nitrogen functional groups attached to an aromatic ring is 1. The molecule has 7 atom stereocenters. The van der Waals surface area contributed by atoms with Gasteiger partial charge in [0.25, 0.3) is 0 Å². The second kappa shape index (κ2) is 7.85. The Bertz CT molecular complexity index is 894. The van der Waals surface area contributed by atoms with Crippen molar-refractivity contribution in [3.8, 4) is 0 Å². The van der Waals surface area contributed by atoms with Gasteiger partial charge >= 0.3 is 0 Å². The number of anilines is 1. The minimum Gasteiger partial charge on any atom is -0.394 e. The van der Waals surface area contributed by atoms with Gasteiger partial charge in [0.2, 0.25) is 11.5 Å². The summed E-state index contributed by atoms with van der Waals surface area (Å²) in [6.45, 7) is -1.77. The highest BCUT2D eigenvalue weighted by molar-refractivity contribution is 5.93. The van der Waals surface area contributed by atoms with Gasteiger partial charge in [-0.05, 0) is 0 Å². The second-order valence-corrected chi connectivity index (χ2v) is 6.57. The zero-order chi connectivity index (χ0) is 21.5. The van der Waals surface area contributed by atoms with Gasteiger partial charge in [-0.3, -0.25) is 9.36 Å². The fraction of sp³-hybridized carbons (Fsp3) is 0.600. The van der Waals surface area contributed by atoms with Crippen LogP contribution in [-0.4, -0.2) is 111 Å². The quantitative estimate of drug-likeness (QED) is 0.211. The first-order valence-corrected chi connectivity index (χ1v) is 8.48. The lowest BCUT2D eigenvalue weighted by atomic mass is 9.91. The van der Waals surface area contributed by atoms with E-state index < -0.39 is 61.3 Å². The van der Waals surface area contributed by atoms with E-state index in [1.54, 1.807) is 0 Å². The summed E-state index contributed by atoms with van der Waals surface area (Å²) in [5.41, 5.74) is 3.02. The number of hydrogen-bond donors (Lipinski definition) is 8. The van der Waals surface area contributed by atoms with Crippen molar-refractivity contribution in [3.05, 3.63) is 12.7 Å². The summed E-state index contributed by atoms with van der Waals surface area (Å²) in [4.78, 5) is 24.8. The maximum atomic E-state index is 13.2. The smallest absolute Gasteiger partial charge is 0.239 e. The van der Waals surface area contributed by atoms with E-state index in [1.807, 2.05) is 0 Å². The molecule has 2 aromatic rings. The van der Waals surface area contributed by atoms with E-state index in [1.165, 1.54) is 0 Å². The lowest BCUT2D eigenvalue weighted by molar-refractivity contribution is -0.190. The van der Waals surface area contributed by atoms with Crippen LogP contribution in [0.15, 0.2) is 12.7 Å². The van der Waals surface area contributed by atoms with Gasteiger partial charge in [0.05, 0.1) is 13.2 Å². The van der Waals surface area contributed by atoms with Crippen LogP contribution in [0, 0.1) is 0 Å². The lowest BCUT2D eigenvalue weighted by Crippen LogP contribution is -2.59. The Morgan fingerprint density at radius 3 is 2.52 bits per heavy atom. The maximum Gasteiger partial charge on any atom is 0.239 e. The van der Waals surface area contributed by atoms with Gasteiger partial charge in [0, 0.05) is 0 Å². The van der Waals surface area contributed by atoms with Crippen molar-refractivity contribution in [2.45, 2.75) is 42.3 Å². The van der Waals surface area contributed by atoms with Crippen LogP contribution < -0.4 is 5.73 Å². The number of ketones is 1. The van der Waals surface area contributed by atoms with E-state index in [-0.39, 0.29) is 17.0 Å². The fourth-order valence-corrected chi connectivity index (χ4v) is 3.25. The average Bonchev–Trinajstić information content (AvgIpc) is 3.27. The lowest BCUT2D eigenvalue weighted by Gasteiger charge is -2.35. The van der Waals surface area contributed by atoms with Crippen LogP contribution in [0.5, 0.6) is 0 Å². The van der Waals surface area contributed by atoms with Crippen LogP contribution in [0.1, 0.15) is 0 Å². The summed E-state index contributed by atoms with van der Waals surface area (Å²) >= 11 is 0. The molecule has 0 unspecified atom stereocenters. The summed E-state index contributed by atoms with van der Waals surface area (Å²) < 4.78 is 6.35. The highest BCUT2D eigenvalue weighted by atomic mass is 16.6. The molecule has 0 aromatic carbocycles. The van der Waals surface area contributed by atoms with Crippen molar-refractivity contribution in [1.82, 2.24) is 19.5 Å². The van der Waals surface area contributed by atoms with E-state index >= 15 is 0 Å². The second-order valence-electron chi connectivity index (χ2n) is 6.57. The molecule has 9 N–H and O–H groups in total. The summed E-state index contributed by atoms with van der Waals surface area (Å²) in [5.74, 6) is -1.46. The molecule has 3 heterocycles. The number of hydrogen-bond acceptors (Lipinski definition) is 13. The normalized spacial score (nSPS) is 30.4. The third-order valence-electron chi connectivity index (χ3n) is 4.86. The number of ether oxygens (including phenoxy) is 1. The number of aromatic nitrogens is 4. The van der Waals surface area contributed by atoms with Gasteiger partial charge in [-0.25, -0.2) is 15.0 Å². The molecule has 2 aromatic heterocycles. The molecule has 0 bridgehead atoms. The summed E-state index contributed by atoms with van der Waals surface area (Å²) in [6, 6.07) is 0. The van der Waals surface area contributed by atoms with Crippen LogP contribution in [0.4, 0.5) is 5.82 Å². The minimum atomic E-state index is -2.60. The predicted octanol–water partition coefficient (Wildman–Crippen LogP) is -5.18. The number of nitrogens with two attached hydrogens (primary N) is 1. The molecule has 0 saturated carbocycles. The Labute approximate surface area is 162 Å². The van der Waals surface area contributed by atoms with Gasteiger partial charge in [-0.1, -0.05) is 0 Å². The van der Waals surface area contributed by atoms with Crippen molar-refractivity contribution < 1.29 is 45.3 Å². The summed E-state index contributed by atoms with van der Waals surface area (Å²) in [7, 11) is 0. The van der Waals surface area contributed by atoms with Crippen molar-refractivity contribution in [1.29, 1.82) is 0 Å². The van der Waals surface area contributed by atoms with Crippen LogP contribution in [0.3, 0.4) is 0 Å². The predicted molar refractivity (Wildman–Crippen MR) is 91.8 cm³/mol. The number of aliphatic hydroxyl groups is 7. The maximum absolute atomic E-state index is 13.2. The molecule has 14 heteroatoms. The first-order valence-electron chi connectivity index (χ1n) is 8.48. The molecule has 1 fully saturated rings. The number of nitrogens with zero attached hydrogens (tertiary/aromatic N) is 4. The van der Waals surface area contributed by atoms with Gasteiger partial charge < -0.3 is 46.2 Å². The van der Waals surface area contributed by atoms with Crippen LogP contribution in [0.2, 0.25) is 0 Å². The van der Waals surface area contributed by atoms with E-state index in [4.69, 9.17) is 15.6 Å².